The van der Waals surface area contributed by atoms with Crippen molar-refractivity contribution in [2.75, 3.05) is 18.4 Å². The summed E-state index contributed by atoms with van der Waals surface area (Å²) in [5.41, 5.74) is 3.42. The second-order valence-electron chi connectivity index (χ2n) is 8.11. The smallest absolute Gasteiger partial charge is 0.272 e. The van der Waals surface area contributed by atoms with E-state index in [1.807, 2.05) is 25.1 Å². The number of piperidine rings is 1. The second kappa shape index (κ2) is 9.26. The molecule has 1 fully saturated rings. The summed E-state index contributed by atoms with van der Waals surface area (Å²) in [7, 11) is 0. The normalized spacial score (nSPS) is 16.0. The molecule has 0 saturated carbocycles. The van der Waals surface area contributed by atoms with Crippen molar-refractivity contribution in [2.24, 2.45) is 5.92 Å². The molecule has 1 aliphatic rings. The van der Waals surface area contributed by atoms with E-state index in [0.29, 0.717) is 30.3 Å². The minimum Gasteiger partial charge on any atom is -0.337 e. The first-order valence-electron chi connectivity index (χ1n) is 10.7. The third-order valence-corrected chi connectivity index (χ3v) is 5.57. The monoisotopic (exact) mass is 432 g/mol. The third-order valence-electron chi connectivity index (χ3n) is 5.57. The van der Waals surface area contributed by atoms with Crippen LogP contribution in [0.4, 0.5) is 10.1 Å². The number of nitrogens with one attached hydrogen (secondary N) is 1. The van der Waals surface area contributed by atoms with Crippen LogP contribution in [0.25, 0.3) is 11.1 Å². The predicted octanol–water partition coefficient (Wildman–Crippen LogP) is 4.39. The summed E-state index contributed by atoms with van der Waals surface area (Å²) >= 11 is 0. The summed E-state index contributed by atoms with van der Waals surface area (Å²) in [6.07, 6.45) is 1.48. The molecule has 7 heteroatoms. The molecule has 32 heavy (non-hydrogen) atoms. The number of halogens is 1. The summed E-state index contributed by atoms with van der Waals surface area (Å²) in [5.74, 6) is -0.309. The minimum absolute atomic E-state index is 0.115. The molecule has 4 rings (SSSR count). The predicted molar refractivity (Wildman–Crippen MR) is 121 cm³/mol. The Balaban J connectivity index is 1.40. The molecule has 0 radical (unpaired) electrons. The van der Waals surface area contributed by atoms with E-state index in [0.717, 1.165) is 29.7 Å². The van der Waals surface area contributed by atoms with Crippen molar-refractivity contribution in [3.63, 3.8) is 0 Å². The third kappa shape index (κ3) is 4.99. The molecule has 164 valence electrons. The molecule has 0 bridgehead atoms. The molecule has 3 aromatic rings. The highest BCUT2D eigenvalue weighted by molar-refractivity contribution is 5.95. The summed E-state index contributed by atoms with van der Waals surface area (Å²) in [4.78, 5) is 35.9. The van der Waals surface area contributed by atoms with Gasteiger partial charge in [-0.3, -0.25) is 9.59 Å². The minimum atomic E-state index is -0.292. The van der Waals surface area contributed by atoms with Crippen LogP contribution in [0.1, 0.15) is 34.8 Å². The summed E-state index contributed by atoms with van der Waals surface area (Å²) in [6.45, 7) is 4.55. The summed E-state index contributed by atoms with van der Waals surface area (Å²) in [6, 6.07) is 15.4. The largest absolute Gasteiger partial charge is 0.337 e. The van der Waals surface area contributed by atoms with Crippen LogP contribution in [0, 0.1) is 25.6 Å². The molecule has 1 aromatic heterocycles. The molecule has 2 amide bonds. The first kappa shape index (κ1) is 21.6. The van der Waals surface area contributed by atoms with Gasteiger partial charge in [-0.15, -0.1) is 0 Å². The molecule has 2 heterocycles. The number of carbonyl (C=O) groups excluding carboxylic acids is 2. The number of aryl methyl sites for hydroxylation is 2. The quantitative estimate of drug-likeness (QED) is 0.664. The van der Waals surface area contributed by atoms with Gasteiger partial charge in [0.2, 0.25) is 5.91 Å². The maximum atomic E-state index is 13.5. The van der Waals surface area contributed by atoms with Crippen LogP contribution in [0.15, 0.2) is 54.6 Å². The maximum Gasteiger partial charge on any atom is 0.272 e. The van der Waals surface area contributed by atoms with E-state index in [-0.39, 0.29) is 23.5 Å². The number of nitrogens with zero attached hydrogens (tertiary/aromatic N) is 3. The Labute approximate surface area is 186 Å². The molecule has 0 spiro atoms. The number of rotatable bonds is 4. The molecule has 0 unspecified atom stereocenters. The highest BCUT2D eigenvalue weighted by Gasteiger charge is 2.29. The van der Waals surface area contributed by atoms with Gasteiger partial charge in [0, 0.05) is 24.5 Å². The fraction of sp³-hybridized carbons (Fsp3) is 0.280. The Kier molecular flexibility index (Phi) is 6.25. The zero-order chi connectivity index (χ0) is 22.7. The Morgan fingerprint density at radius 2 is 1.81 bits per heavy atom. The molecule has 1 saturated heterocycles. The zero-order valence-corrected chi connectivity index (χ0v) is 18.1. The highest BCUT2D eigenvalue weighted by Crippen LogP contribution is 2.24. The molecule has 1 N–H and O–H groups in total. The fourth-order valence-corrected chi connectivity index (χ4v) is 4.02. The first-order chi connectivity index (χ1) is 15.4. The van der Waals surface area contributed by atoms with Crippen LogP contribution < -0.4 is 5.32 Å². The van der Waals surface area contributed by atoms with Crippen LogP contribution in [0.5, 0.6) is 0 Å². The van der Waals surface area contributed by atoms with E-state index in [4.69, 9.17) is 0 Å². The topological polar surface area (TPSA) is 75.2 Å². The van der Waals surface area contributed by atoms with E-state index in [1.165, 1.54) is 12.1 Å². The summed E-state index contributed by atoms with van der Waals surface area (Å²) < 4.78 is 13.5. The highest BCUT2D eigenvalue weighted by atomic mass is 19.1. The van der Waals surface area contributed by atoms with Gasteiger partial charge in [-0.25, -0.2) is 14.4 Å². The van der Waals surface area contributed by atoms with Crippen LogP contribution in [0.3, 0.4) is 0 Å². The van der Waals surface area contributed by atoms with Crippen molar-refractivity contribution in [1.82, 2.24) is 14.9 Å². The summed E-state index contributed by atoms with van der Waals surface area (Å²) in [5, 5.41) is 2.94. The Morgan fingerprint density at radius 1 is 1.03 bits per heavy atom. The molecular weight excluding hydrogens is 407 g/mol. The lowest BCUT2D eigenvalue weighted by molar-refractivity contribution is -0.121. The number of carbonyl (C=O) groups is 2. The fourth-order valence-electron chi connectivity index (χ4n) is 4.02. The SMILES string of the molecule is Cc1cc(C(=O)N2CCC[C@@H](C(=O)Nc3ccc(-c4cccc(F)c4)cc3)C2)nc(C)n1. The molecule has 6 nitrogen and oxygen atoms in total. The first-order valence-corrected chi connectivity index (χ1v) is 10.7. The number of benzene rings is 2. The van der Waals surface area contributed by atoms with E-state index in [1.54, 1.807) is 36.1 Å². The van der Waals surface area contributed by atoms with Gasteiger partial charge < -0.3 is 10.2 Å². The second-order valence-corrected chi connectivity index (χ2v) is 8.11. The number of amides is 2. The average Bonchev–Trinajstić information content (AvgIpc) is 2.78. The number of hydrogen-bond acceptors (Lipinski definition) is 4. The van der Waals surface area contributed by atoms with Crippen molar-refractivity contribution >= 4 is 17.5 Å². The van der Waals surface area contributed by atoms with Crippen molar-refractivity contribution in [3.8, 4) is 11.1 Å². The number of anilines is 1. The van der Waals surface area contributed by atoms with E-state index in [2.05, 4.69) is 15.3 Å². The molecular formula is C25H25FN4O2. The standard InChI is InChI=1S/C25H25FN4O2/c1-16-13-23(28-17(2)27-16)25(32)30-12-4-6-20(15-30)24(31)29-22-10-8-18(9-11-22)19-5-3-7-21(26)14-19/h3,5,7-11,13-14,20H,4,6,12,15H2,1-2H3,(H,29,31)/t20-/m1/s1. The zero-order valence-electron chi connectivity index (χ0n) is 18.1. The van der Waals surface area contributed by atoms with Crippen molar-refractivity contribution in [1.29, 1.82) is 0 Å². The van der Waals surface area contributed by atoms with Gasteiger partial charge in [-0.2, -0.15) is 0 Å². The average molecular weight is 432 g/mol. The van der Waals surface area contributed by atoms with Gasteiger partial charge in [0.1, 0.15) is 17.3 Å². The van der Waals surface area contributed by atoms with Crippen LogP contribution in [0.2, 0.25) is 0 Å². The van der Waals surface area contributed by atoms with Crippen molar-refractivity contribution in [2.45, 2.75) is 26.7 Å². The van der Waals surface area contributed by atoms with Gasteiger partial charge in [-0.05, 0) is 68.1 Å². The lowest BCUT2D eigenvalue weighted by Crippen LogP contribution is -2.44. The number of hydrogen-bond donors (Lipinski definition) is 1. The van der Waals surface area contributed by atoms with Crippen molar-refractivity contribution < 1.29 is 14.0 Å². The van der Waals surface area contributed by atoms with Crippen molar-refractivity contribution in [3.05, 3.63) is 77.6 Å². The maximum absolute atomic E-state index is 13.5. The van der Waals surface area contributed by atoms with Gasteiger partial charge in [0.25, 0.3) is 5.91 Å². The van der Waals surface area contributed by atoms with Crippen LogP contribution in [-0.2, 0) is 4.79 Å². The Hall–Kier alpha value is -3.61. The van der Waals surface area contributed by atoms with Crippen LogP contribution in [-0.4, -0.2) is 39.8 Å². The van der Waals surface area contributed by atoms with E-state index < -0.39 is 0 Å². The number of likely N-dealkylation sites (tertiary alicyclic amines) is 1. The van der Waals surface area contributed by atoms with Crippen LogP contribution >= 0.6 is 0 Å². The van der Waals surface area contributed by atoms with Gasteiger partial charge >= 0.3 is 0 Å². The van der Waals surface area contributed by atoms with Gasteiger partial charge in [0.15, 0.2) is 0 Å². The molecule has 0 aliphatic carbocycles. The Morgan fingerprint density at radius 3 is 2.53 bits per heavy atom. The lowest BCUT2D eigenvalue weighted by atomic mass is 9.96. The van der Waals surface area contributed by atoms with Gasteiger partial charge in [-0.1, -0.05) is 24.3 Å². The number of aromatic nitrogens is 2. The molecule has 2 aromatic carbocycles. The van der Waals surface area contributed by atoms with Gasteiger partial charge in [0.05, 0.1) is 5.92 Å². The Bertz CT molecular complexity index is 1130. The molecule has 1 aliphatic heterocycles. The molecule has 1 atom stereocenters. The van der Waals surface area contributed by atoms with E-state index in [9.17, 15) is 14.0 Å². The lowest BCUT2D eigenvalue weighted by Gasteiger charge is -2.32. The van der Waals surface area contributed by atoms with E-state index >= 15 is 0 Å².